The Bertz CT molecular complexity index is 1390. The lowest BCUT2D eigenvalue weighted by Crippen LogP contribution is -2.07. The number of benzene rings is 1. The number of esters is 1. The molecule has 0 fully saturated rings. The molecule has 0 saturated carbocycles. The lowest BCUT2D eigenvalue weighted by Gasteiger charge is -2.11. The van der Waals surface area contributed by atoms with Gasteiger partial charge in [-0.2, -0.15) is 4.52 Å². The molecule has 9 nitrogen and oxygen atoms in total. The second-order valence-electron chi connectivity index (χ2n) is 6.85. The van der Waals surface area contributed by atoms with Gasteiger partial charge in [-0.25, -0.2) is 9.78 Å². The standard InChI is InChI=1S/C21H17N7O2/c1-13(14-5-6-16-15(10-14)4-3-9-22-16)20-25-24-18-7-8-19(26-28(18)20)27-11-17(23-12-27)21(29)30-2/h3-13H,1-2H3. The van der Waals surface area contributed by atoms with E-state index in [9.17, 15) is 4.79 Å². The first-order chi connectivity index (χ1) is 14.6. The molecular formula is C21H17N7O2. The number of hydrogen-bond acceptors (Lipinski definition) is 7. The smallest absolute Gasteiger partial charge is 0.358 e. The number of fused-ring (bicyclic) bond motifs is 2. The van der Waals surface area contributed by atoms with Gasteiger partial charge in [0, 0.05) is 23.7 Å². The minimum atomic E-state index is -0.501. The molecule has 5 rings (SSSR count). The molecule has 30 heavy (non-hydrogen) atoms. The predicted octanol–water partition coefficient (Wildman–Crippen LogP) is 2.80. The summed E-state index contributed by atoms with van der Waals surface area (Å²) in [6.45, 7) is 2.06. The summed E-state index contributed by atoms with van der Waals surface area (Å²) in [4.78, 5) is 20.1. The molecule has 1 aromatic carbocycles. The third-order valence-electron chi connectivity index (χ3n) is 5.03. The SMILES string of the molecule is COC(=O)c1cn(-c2ccc3nnc(C(C)c4ccc5ncccc5c4)n3n2)cn1. The Morgan fingerprint density at radius 3 is 2.87 bits per heavy atom. The molecule has 0 saturated heterocycles. The van der Waals surface area contributed by atoms with Crippen molar-refractivity contribution < 1.29 is 9.53 Å². The van der Waals surface area contributed by atoms with E-state index in [1.54, 1.807) is 27.5 Å². The summed E-state index contributed by atoms with van der Waals surface area (Å²) < 4.78 is 8.08. The van der Waals surface area contributed by atoms with Crippen molar-refractivity contribution in [3.63, 3.8) is 0 Å². The van der Waals surface area contributed by atoms with E-state index in [0.29, 0.717) is 17.3 Å². The van der Waals surface area contributed by atoms with Gasteiger partial charge >= 0.3 is 5.97 Å². The molecule has 1 atom stereocenters. The van der Waals surface area contributed by atoms with Crippen molar-refractivity contribution in [1.82, 2.24) is 34.3 Å². The first-order valence-electron chi connectivity index (χ1n) is 9.34. The molecule has 1 unspecified atom stereocenters. The summed E-state index contributed by atoms with van der Waals surface area (Å²) in [5.41, 5.74) is 2.88. The van der Waals surface area contributed by atoms with Gasteiger partial charge in [-0.1, -0.05) is 19.1 Å². The molecular weight excluding hydrogens is 382 g/mol. The van der Waals surface area contributed by atoms with Gasteiger partial charge in [0.1, 0.15) is 6.33 Å². The third kappa shape index (κ3) is 2.96. The highest BCUT2D eigenvalue weighted by molar-refractivity contribution is 5.86. The van der Waals surface area contributed by atoms with Gasteiger partial charge in [0.15, 0.2) is 23.0 Å². The maximum Gasteiger partial charge on any atom is 0.358 e. The predicted molar refractivity (Wildman–Crippen MR) is 109 cm³/mol. The van der Waals surface area contributed by atoms with Crippen LogP contribution in [0.5, 0.6) is 0 Å². The number of imidazole rings is 1. The van der Waals surface area contributed by atoms with Crippen LogP contribution < -0.4 is 0 Å². The number of carbonyl (C=O) groups is 1. The second-order valence-corrected chi connectivity index (χ2v) is 6.85. The lowest BCUT2D eigenvalue weighted by molar-refractivity contribution is 0.0594. The Balaban J connectivity index is 1.55. The summed E-state index contributed by atoms with van der Waals surface area (Å²) in [5.74, 6) is 0.754. The minimum Gasteiger partial charge on any atom is -0.464 e. The van der Waals surface area contributed by atoms with Crippen molar-refractivity contribution in [2.75, 3.05) is 7.11 Å². The minimum absolute atomic E-state index is 0.0410. The van der Waals surface area contributed by atoms with Crippen molar-refractivity contribution in [1.29, 1.82) is 0 Å². The Morgan fingerprint density at radius 1 is 1.10 bits per heavy atom. The molecule has 0 aliphatic heterocycles. The number of methoxy groups -OCH3 is 1. The van der Waals surface area contributed by atoms with Gasteiger partial charge < -0.3 is 4.74 Å². The summed E-state index contributed by atoms with van der Waals surface area (Å²) in [7, 11) is 1.32. The fourth-order valence-corrected chi connectivity index (χ4v) is 3.37. The summed E-state index contributed by atoms with van der Waals surface area (Å²) in [6, 6.07) is 13.7. The van der Waals surface area contributed by atoms with Crippen molar-refractivity contribution in [3.8, 4) is 5.82 Å². The first-order valence-corrected chi connectivity index (χ1v) is 9.34. The fourth-order valence-electron chi connectivity index (χ4n) is 3.37. The number of hydrogen-bond donors (Lipinski definition) is 0. The third-order valence-corrected chi connectivity index (χ3v) is 5.03. The van der Waals surface area contributed by atoms with Crippen LogP contribution in [0.1, 0.15) is 34.7 Å². The highest BCUT2D eigenvalue weighted by atomic mass is 16.5. The van der Waals surface area contributed by atoms with Crippen molar-refractivity contribution in [2.45, 2.75) is 12.8 Å². The highest BCUT2D eigenvalue weighted by Crippen LogP contribution is 2.25. The molecule has 0 aliphatic carbocycles. The molecule has 148 valence electrons. The number of aromatic nitrogens is 7. The Hall–Kier alpha value is -4.14. The average molecular weight is 399 g/mol. The van der Waals surface area contributed by atoms with Crippen molar-refractivity contribution in [3.05, 3.63) is 78.3 Å². The van der Waals surface area contributed by atoms with E-state index < -0.39 is 5.97 Å². The number of pyridine rings is 1. The van der Waals surface area contributed by atoms with E-state index in [4.69, 9.17) is 4.74 Å². The molecule has 9 heteroatoms. The van der Waals surface area contributed by atoms with Gasteiger partial charge in [-0.15, -0.1) is 15.3 Å². The molecule has 0 bridgehead atoms. The summed E-state index contributed by atoms with van der Waals surface area (Å²) in [5, 5.41) is 14.3. The zero-order valence-corrected chi connectivity index (χ0v) is 16.3. The summed E-state index contributed by atoms with van der Waals surface area (Å²) in [6.07, 6.45) is 4.87. The van der Waals surface area contributed by atoms with Crippen LogP contribution in [0.2, 0.25) is 0 Å². The monoisotopic (exact) mass is 399 g/mol. The largest absolute Gasteiger partial charge is 0.464 e. The van der Waals surface area contributed by atoms with Crippen LogP contribution in [-0.2, 0) is 4.74 Å². The van der Waals surface area contributed by atoms with Gasteiger partial charge in [-0.3, -0.25) is 9.55 Å². The van der Waals surface area contributed by atoms with Gasteiger partial charge in [0.05, 0.1) is 12.6 Å². The number of ether oxygens (including phenoxy) is 1. The van der Waals surface area contributed by atoms with Crippen LogP contribution in [0.25, 0.3) is 22.4 Å². The van der Waals surface area contributed by atoms with E-state index in [2.05, 4.69) is 38.3 Å². The number of nitrogens with zero attached hydrogens (tertiary/aromatic N) is 7. The molecule has 4 heterocycles. The van der Waals surface area contributed by atoms with Crippen molar-refractivity contribution in [2.24, 2.45) is 0 Å². The number of carbonyl (C=O) groups excluding carboxylic acids is 1. The molecule has 5 aromatic rings. The molecule has 0 spiro atoms. The lowest BCUT2D eigenvalue weighted by atomic mass is 9.98. The van der Waals surface area contributed by atoms with Crippen LogP contribution in [0.3, 0.4) is 0 Å². The number of rotatable bonds is 4. The molecule has 0 amide bonds. The summed E-state index contributed by atoms with van der Waals surface area (Å²) >= 11 is 0. The normalized spacial score (nSPS) is 12.3. The topological polar surface area (TPSA) is 100 Å². The Labute approximate surface area is 171 Å². The highest BCUT2D eigenvalue weighted by Gasteiger charge is 2.18. The van der Waals surface area contributed by atoms with Crippen molar-refractivity contribution >= 4 is 22.5 Å². The Morgan fingerprint density at radius 2 is 2.00 bits per heavy atom. The maximum atomic E-state index is 11.7. The van der Waals surface area contributed by atoms with Gasteiger partial charge in [0.25, 0.3) is 0 Å². The van der Waals surface area contributed by atoms with E-state index >= 15 is 0 Å². The van der Waals surface area contributed by atoms with Crippen LogP contribution >= 0.6 is 0 Å². The molecule has 4 aromatic heterocycles. The molecule has 0 aliphatic rings. The van der Waals surface area contributed by atoms with Crippen LogP contribution in [0.4, 0.5) is 0 Å². The van der Waals surface area contributed by atoms with E-state index in [1.807, 2.05) is 30.3 Å². The van der Waals surface area contributed by atoms with E-state index in [-0.39, 0.29) is 11.6 Å². The van der Waals surface area contributed by atoms with Crippen LogP contribution in [-0.4, -0.2) is 47.4 Å². The van der Waals surface area contributed by atoms with Gasteiger partial charge in [0.2, 0.25) is 0 Å². The maximum absolute atomic E-state index is 11.7. The van der Waals surface area contributed by atoms with E-state index in [0.717, 1.165) is 16.5 Å². The average Bonchev–Trinajstić information content (AvgIpc) is 3.45. The first kappa shape index (κ1) is 17.9. The Kier molecular flexibility index (Phi) is 4.20. The molecule has 0 N–H and O–H groups in total. The van der Waals surface area contributed by atoms with E-state index in [1.165, 1.54) is 13.4 Å². The zero-order valence-electron chi connectivity index (χ0n) is 16.3. The fraction of sp³-hybridized carbons (Fsp3) is 0.143. The molecule has 0 radical (unpaired) electrons. The second kappa shape index (κ2) is 7.03. The van der Waals surface area contributed by atoms with Gasteiger partial charge in [-0.05, 0) is 35.9 Å². The van der Waals surface area contributed by atoms with Crippen LogP contribution in [0, 0.1) is 0 Å². The van der Waals surface area contributed by atoms with Crippen LogP contribution in [0.15, 0.2) is 61.2 Å². The quantitative estimate of drug-likeness (QED) is 0.428. The zero-order chi connectivity index (χ0) is 20.7.